The van der Waals surface area contributed by atoms with Crippen LogP contribution in [0.3, 0.4) is 0 Å². The fourth-order valence-electron chi connectivity index (χ4n) is 2.71. The van der Waals surface area contributed by atoms with Crippen molar-refractivity contribution in [2.45, 2.75) is 39.5 Å². The van der Waals surface area contributed by atoms with Gasteiger partial charge in [0.25, 0.3) is 5.91 Å². The second-order valence-corrected chi connectivity index (χ2v) is 6.27. The molecule has 0 saturated heterocycles. The highest BCUT2D eigenvalue weighted by Crippen LogP contribution is 2.17. The number of hydrogen-bond acceptors (Lipinski definition) is 4. The van der Waals surface area contributed by atoms with E-state index in [4.69, 9.17) is 0 Å². The minimum Gasteiger partial charge on any atom is -0.328 e. The average Bonchev–Trinajstić information content (AvgIpc) is 2.97. The van der Waals surface area contributed by atoms with Gasteiger partial charge in [0.1, 0.15) is 11.5 Å². The molecule has 6 nitrogen and oxygen atoms in total. The molecule has 0 atom stereocenters. The Kier molecular flexibility index (Phi) is 4.43. The highest BCUT2D eigenvalue weighted by atomic mass is 16.2. The van der Waals surface area contributed by atoms with Gasteiger partial charge in [0.15, 0.2) is 0 Å². The number of amides is 1. The first-order valence-electron chi connectivity index (χ1n) is 8.00. The fraction of sp³-hybridized carbons (Fsp3) is 0.471. The molecule has 1 aliphatic rings. The van der Waals surface area contributed by atoms with E-state index in [1.807, 2.05) is 23.2 Å². The number of nitrogens with zero attached hydrogens (tertiary/aromatic N) is 5. The summed E-state index contributed by atoms with van der Waals surface area (Å²) < 4.78 is 2.24. The molecule has 0 fully saturated rings. The lowest BCUT2D eigenvalue weighted by atomic mass is 10.2. The van der Waals surface area contributed by atoms with Gasteiger partial charge in [-0.05, 0) is 33.0 Å². The number of rotatable bonds is 4. The van der Waals surface area contributed by atoms with E-state index in [0.717, 1.165) is 18.9 Å². The molecule has 122 valence electrons. The van der Waals surface area contributed by atoms with Crippen LogP contribution in [0.4, 0.5) is 0 Å². The molecule has 1 aliphatic heterocycles. The molecule has 2 aromatic heterocycles. The third-order valence-corrected chi connectivity index (χ3v) is 4.41. The lowest BCUT2D eigenvalue weighted by molar-refractivity contribution is 0.0699. The summed E-state index contributed by atoms with van der Waals surface area (Å²) in [5.41, 5.74) is 1.70. The van der Waals surface area contributed by atoms with Crippen LogP contribution in [0.5, 0.6) is 0 Å². The topological polar surface area (TPSA) is 54.3 Å². The largest absolute Gasteiger partial charge is 0.328 e. The summed E-state index contributed by atoms with van der Waals surface area (Å²) >= 11 is 0. The lowest BCUT2D eigenvalue weighted by Crippen LogP contribution is -2.39. The molecule has 0 N–H and O–H groups in total. The Morgan fingerprint density at radius 2 is 2.13 bits per heavy atom. The van der Waals surface area contributed by atoms with Crippen molar-refractivity contribution in [1.82, 2.24) is 24.3 Å². The third-order valence-electron chi connectivity index (χ3n) is 4.41. The van der Waals surface area contributed by atoms with Crippen molar-refractivity contribution >= 4 is 5.91 Å². The summed E-state index contributed by atoms with van der Waals surface area (Å²) in [6, 6.07) is 5.90. The van der Waals surface area contributed by atoms with Crippen LogP contribution in [0.1, 0.15) is 35.9 Å². The Labute approximate surface area is 136 Å². The monoisotopic (exact) mass is 313 g/mol. The molecule has 0 unspecified atom stereocenters. The van der Waals surface area contributed by atoms with Crippen LogP contribution in [0, 0.1) is 0 Å². The van der Waals surface area contributed by atoms with Crippen molar-refractivity contribution in [2.75, 3.05) is 13.6 Å². The predicted molar refractivity (Wildman–Crippen MR) is 87.8 cm³/mol. The summed E-state index contributed by atoms with van der Waals surface area (Å²) in [5, 5.41) is 0. The van der Waals surface area contributed by atoms with Gasteiger partial charge in [0, 0.05) is 38.1 Å². The van der Waals surface area contributed by atoms with Crippen LogP contribution in [0.2, 0.25) is 0 Å². The molecular weight excluding hydrogens is 290 g/mol. The van der Waals surface area contributed by atoms with Crippen molar-refractivity contribution < 1.29 is 4.79 Å². The van der Waals surface area contributed by atoms with Gasteiger partial charge in [-0.15, -0.1) is 0 Å². The SMILES string of the molecule is CC(C)N(C)Cc1cnc2n1CCN(C(=O)c1ccccn1)C2. The minimum atomic E-state index is -0.0271. The Morgan fingerprint density at radius 3 is 2.83 bits per heavy atom. The number of carbonyl (C=O) groups is 1. The maximum Gasteiger partial charge on any atom is 0.272 e. The normalized spacial score (nSPS) is 14.4. The number of imidazole rings is 1. The first-order chi connectivity index (χ1) is 11.1. The van der Waals surface area contributed by atoms with Crippen LogP contribution >= 0.6 is 0 Å². The van der Waals surface area contributed by atoms with Crippen molar-refractivity contribution in [3.8, 4) is 0 Å². The summed E-state index contributed by atoms with van der Waals surface area (Å²) in [6.07, 6.45) is 3.58. The zero-order valence-corrected chi connectivity index (χ0v) is 13.9. The van der Waals surface area contributed by atoms with E-state index in [1.165, 1.54) is 5.69 Å². The van der Waals surface area contributed by atoms with Crippen LogP contribution < -0.4 is 0 Å². The highest BCUT2D eigenvalue weighted by Gasteiger charge is 2.25. The van der Waals surface area contributed by atoms with E-state index in [1.54, 1.807) is 12.3 Å². The van der Waals surface area contributed by atoms with Gasteiger partial charge < -0.3 is 9.47 Å². The van der Waals surface area contributed by atoms with Crippen molar-refractivity contribution in [2.24, 2.45) is 0 Å². The van der Waals surface area contributed by atoms with Gasteiger partial charge in [0.05, 0.1) is 12.2 Å². The van der Waals surface area contributed by atoms with Crippen molar-refractivity contribution in [3.63, 3.8) is 0 Å². The van der Waals surface area contributed by atoms with E-state index < -0.39 is 0 Å². The molecular formula is C17H23N5O. The maximum atomic E-state index is 12.5. The summed E-state index contributed by atoms with van der Waals surface area (Å²) in [6.45, 7) is 7.26. The molecule has 0 saturated carbocycles. The van der Waals surface area contributed by atoms with Gasteiger partial charge >= 0.3 is 0 Å². The van der Waals surface area contributed by atoms with Crippen molar-refractivity contribution in [3.05, 3.63) is 47.8 Å². The molecule has 3 rings (SSSR count). The first-order valence-corrected chi connectivity index (χ1v) is 8.00. The summed E-state index contributed by atoms with van der Waals surface area (Å²) in [5.74, 6) is 0.924. The van der Waals surface area contributed by atoms with Crippen LogP contribution in [-0.4, -0.2) is 49.9 Å². The smallest absolute Gasteiger partial charge is 0.272 e. The molecule has 0 bridgehead atoms. The van der Waals surface area contributed by atoms with Gasteiger partial charge in [-0.2, -0.15) is 0 Å². The number of aromatic nitrogens is 3. The Morgan fingerprint density at radius 1 is 1.30 bits per heavy atom. The second-order valence-electron chi connectivity index (χ2n) is 6.27. The lowest BCUT2D eigenvalue weighted by Gasteiger charge is -2.29. The molecule has 0 radical (unpaired) electrons. The zero-order valence-electron chi connectivity index (χ0n) is 13.9. The molecule has 2 aromatic rings. The number of hydrogen-bond donors (Lipinski definition) is 0. The van der Waals surface area contributed by atoms with E-state index in [0.29, 0.717) is 24.8 Å². The van der Waals surface area contributed by atoms with Crippen molar-refractivity contribution in [1.29, 1.82) is 0 Å². The molecule has 6 heteroatoms. The molecule has 23 heavy (non-hydrogen) atoms. The molecule has 3 heterocycles. The van der Waals surface area contributed by atoms with Crippen LogP contribution in [0.15, 0.2) is 30.6 Å². The Bertz CT molecular complexity index is 680. The van der Waals surface area contributed by atoms with Gasteiger partial charge in [-0.25, -0.2) is 4.98 Å². The Hall–Kier alpha value is -2.21. The first kappa shape index (κ1) is 15.7. The molecule has 0 aliphatic carbocycles. The quantitative estimate of drug-likeness (QED) is 0.863. The number of pyridine rings is 1. The van der Waals surface area contributed by atoms with E-state index in [2.05, 4.69) is 40.3 Å². The summed E-state index contributed by atoms with van der Waals surface area (Å²) in [4.78, 5) is 25.3. The van der Waals surface area contributed by atoms with E-state index in [-0.39, 0.29) is 5.91 Å². The van der Waals surface area contributed by atoms with Crippen LogP contribution in [0.25, 0.3) is 0 Å². The number of fused-ring (bicyclic) bond motifs is 1. The average molecular weight is 313 g/mol. The maximum absolute atomic E-state index is 12.5. The Balaban J connectivity index is 1.73. The second kappa shape index (κ2) is 6.50. The van der Waals surface area contributed by atoms with Gasteiger partial charge in [0.2, 0.25) is 0 Å². The van der Waals surface area contributed by atoms with E-state index in [9.17, 15) is 4.79 Å². The molecule has 0 aromatic carbocycles. The highest BCUT2D eigenvalue weighted by molar-refractivity contribution is 5.92. The standard InChI is InChI=1S/C17H23N5O/c1-13(2)20(3)11-14-10-19-16-12-21(8-9-22(14)16)17(23)15-6-4-5-7-18-15/h4-7,10,13H,8-9,11-12H2,1-3H3. The predicted octanol–water partition coefficient (Wildman–Crippen LogP) is 1.77. The van der Waals surface area contributed by atoms with Gasteiger partial charge in [-0.3, -0.25) is 14.7 Å². The minimum absolute atomic E-state index is 0.0271. The zero-order chi connectivity index (χ0) is 16.4. The van der Waals surface area contributed by atoms with E-state index >= 15 is 0 Å². The molecule has 1 amide bonds. The number of carbonyl (C=O) groups excluding carboxylic acids is 1. The van der Waals surface area contributed by atoms with Gasteiger partial charge in [-0.1, -0.05) is 6.07 Å². The fourth-order valence-corrected chi connectivity index (χ4v) is 2.71. The molecule has 0 spiro atoms. The third kappa shape index (κ3) is 3.27. The van der Waals surface area contributed by atoms with Crippen LogP contribution in [-0.2, 0) is 19.6 Å². The summed E-state index contributed by atoms with van der Waals surface area (Å²) in [7, 11) is 2.12.